The lowest BCUT2D eigenvalue weighted by atomic mass is 10.0. The number of nitrogens with one attached hydrogen (secondary N) is 3. The quantitative estimate of drug-likeness (QED) is 0.0150. The molecule has 5 amide bonds. The molecule has 2 aliphatic heterocycles. The van der Waals surface area contributed by atoms with Gasteiger partial charge >= 0.3 is 11.9 Å². The number of nitrogens with two attached hydrogens (primary N) is 1. The molecule has 29 heteroatoms. The van der Waals surface area contributed by atoms with E-state index in [1.165, 1.54) is 78.7 Å². The number of likely N-dealkylation sites (tertiary alicyclic amines) is 1. The number of ether oxygens (including phenoxy) is 1. The second-order valence-electron chi connectivity index (χ2n) is 24.9. The maximum atomic E-state index is 12.4. The smallest absolute Gasteiger partial charge is 0.339 e. The SMILES string of the molecule is C=C(C)C(=O)Cc1ccc(S(=O)(=O)Nc2nc(C)cc(C)n2)cc1.C=C(C)C(=O)Cc1ccc(S(N)(=O)=O)cc1.C=C(C)C(=O)Nc1ccc2c(O)c(C(=O)O)ccc2c1.C=CC(=O)CCc1ccccc1.C=CC(=O)NCCOc1ccc(C(=O)O)c(O)c1.C=CN1CCCCCC1=O.O=C1C=CC(=O)N1c1ccccc1. The number of para-hydroxylation sites is 1. The Morgan fingerprint density at radius 1 is 0.611 bits per heavy atom. The zero-order valence-electron chi connectivity index (χ0n) is 63.1. The minimum Gasteiger partial charge on any atom is -0.507 e. The third-order valence-corrected chi connectivity index (χ3v) is 18.0. The van der Waals surface area contributed by atoms with Crippen LogP contribution in [0.5, 0.6) is 17.2 Å². The van der Waals surface area contributed by atoms with Crippen molar-refractivity contribution in [2.24, 2.45) is 5.14 Å². The Labute approximate surface area is 656 Å². The van der Waals surface area contributed by atoms with Crippen LogP contribution < -0.4 is 30.1 Å². The number of phenols is 2. The van der Waals surface area contributed by atoms with Gasteiger partial charge < -0.3 is 40.7 Å². The molecule has 0 bridgehead atoms. The Kier molecular flexibility index (Phi) is 37.1. The van der Waals surface area contributed by atoms with Gasteiger partial charge in [-0.1, -0.05) is 125 Å². The number of Topliss-reactive ketones (excluding diaryl/α,β-unsaturated/α-hetero) is 2. The summed E-state index contributed by atoms with van der Waals surface area (Å²) < 4.78 is 54.3. The van der Waals surface area contributed by atoms with Gasteiger partial charge in [-0.2, -0.15) is 0 Å². The molecule has 1 saturated heterocycles. The predicted octanol–water partition coefficient (Wildman–Crippen LogP) is 12.2. The van der Waals surface area contributed by atoms with Crippen LogP contribution in [0.4, 0.5) is 17.3 Å². The van der Waals surface area contributed by atoms with Gasteiger partial charge in [-0.3, -0.25) is 38.4 Å². The minimum atomic E-state index is -3.79. The van der Waals surface area contributed by atoms with E-state index < -0.39 is 32.0 Å². The van der Waals surface area contributed by atoms with Crippen LogP contribution in [0.2, 0.25) is 0 Å². The normalized spacial score (nSPS) is 11.9. The molecule has 27 nitrogen and oxygen atoms in total. The number of benzene rings is 7. The number of fused-ring (bicyclic) bond motifs is 1. The molecule has 592 valence electrons. The summed E-state index contributed by atoms with van der Waals surface area (Å²) in [6, 6.07) is 44.2. The van der Waals surface area contributed by atoms with E-state index >= 15 is 0 Å². The van der Waals surface area contributed by atoms with Gasteiger partial charge in [0.15, 0.2) is 17.3 Å². The van der Waals surface area contributed by atoms with Crippen LogP contribution in [-0.4, -0.2) is 131 Å². The molecular formula is C84H90N8O19S2. The summed E-state index contributed by atoms with van der Waals surface area (Å²) >= 11 is 0. The van der Waals surface area contributed by atoms with Crippen LogP contribution in [0.3, 0.4) is 0 Å². The third kappa shape index (κ3) is 32.0. The number of rotatable bonds is 25. The lowest BCUT2D eigenvalue weighted by Gasteiger charge is -2.13. The Balaban J connectivity index is 0.000000282. The van der Waals surface area contributed by atoms with E-state index in [4.69, 9.17) is 20.1 Å². The van der Waals surface area contributed by atoms with E-state index in [9.17, 15) is 75.0 Å². The van der Waals surface area contributed by atoms with E-state index in [2.05, 4.69) is 64.8 Å². The number of imide groups is 1. The molecule has 7 aromatic carbocycles. The van der Waals surface area contributed by atoms with E-state index in [0.717, 1.165) is 47.9 Å². The molecule has 1 aromatic heterocycles. The second-order valence-corrected chi connectivity index (χ2v) is 28.1. The highest BCUT2D eigenvalue weighted by atomic mass is 32.2. The van der Waals surface area contributed by atoms with Gasteiger partial charge in [0, 0.05) is 78.5 Å². The van der Waals surface area contributed by atoms with E-state index in [1.54, 1.807) is 125 Å². The van der Waals surface area contributed by atoms with Crippen LogP contribution in [-0.2, 0) is 77.7 Å². The van der Waals surface area contributed by atoms with Gasteiger partial charge in [0.25, 0.3) is 27.7 Å². The van der Waals surface area contributed by atoms with Crippen molar-refractivity contribution >= 4 is 107 Å². The van der Waals surface area contributed by atoms with Gasteiger partial charge in [-0.15, -0.1) is 0 Å². The van der Waals surface area contributed by atoms with Gasteiger partial charge in [0.05, 0.1) is 22.0 Å². The molecule has 2 aliphatic rings. The van der Waals surface area contributed by atoms with Crippen LogP contribution in [0.1, 0.15) is 102 Å². The number of nitrogens with zero attached hydrogens (tertiary/aromatic N) is 4. The molecule has 9 N–H and O–H groups in total. The summed E-state index contributed by atoms with van der Waals surface area (Å²) in [6.07, 6.45) is 12.5. The molecule has 0 spiro atoms. The first kappa shape index (κ1) is 92.0. The van der Waals surface area contributed by atoms with Crippen molar-refractivity contribution < 1.29 is 89.9 Å². The highest BCUT2D eigenvalue weighted by Gasteiger charge is 2.25. The number of amides is 5. The van der Waals surface area contributed by atoms with Crippen LogP contribution in [0.15, 0.2) is 260 Å². The van der Waals surface area contributed by atoms with Gasteiger partial charge in [0.1, 0.15) is 35.0 Å². The van der Waals surface area contributed by atoms with Crippen molar-refractivity contribution in [3.8, 4) is 17.2 Å². The maximum Gasteiger partial charge on any atom is 0.339 e. The molecule has 0 aliphatic carbocycles. The van der Waals surface area contributed by atoms with Crippen LogP contribution in [0.25, 0.3) is 10.8 Å². The van der Waals surface area contributed by atoms with E-state index in [1.807, 2.05) is 36.4 Å². The Hall–Kier alpha value is -13.4. The minimum absolute atomic E-state index is 0.0361. The fourth-order valence-corrected chi connectivity index (χ4v) is 11.1. The van der Waals surface area contributed by atoms with E-state index in [0.29, 0.717) is 68.8 Å². The second kappa shape index (κ2) is 45.6. The van der Waals surface area contributed by atoms with Crippen LogP contribution in [0, 0.1) is 13.8 Å². The van der Waals surface area contributed by atoms with Crippen molar-refractivity contribution in [2.75, 3.05) is 34.6 Å². The van der Waals surface area contributed by atoms with Crippen molar-refractivity contribution in [1.29, 1.82) is 0 Å². The lowest BCUT2D eigenvalue weighted by Crippen LogP contribution is -2.29. The van der Waals surface area contributed by atoms with Crippen molar-refractivity contribution in [2.45, 2.75) is 95.8 Å². The molecule has 8 aromatic rings. The van der Waals surface area contributed by atoms with Gasteiger partial charge in [0.2, 0.25) is 27.8 Å². The largest absolute Gasteiger partial charge is 0.507 e. The first-order valence-electron chi connectivity index (χ1n) is 34.6. The number of carbonyl (C=O) groups excluding carboxylic acids is 8. The highest BCUT2D eigenvalue weighted by Crippen LogP contribution is 2.31. The number of aromatic hydroxyl groups is 2. The van der Waals surface area contributed by atoms with E-state index in [-0.39, 0.29) is 111 Å². The number of anilines is 3. The topological polar surface area (TPSA) is 424 Å². The predicted molar refractivity (Wildman–Crippen MR) is 432 cm³/mol. The molecule has 0 atom stereocenters. The molecule has 0 saturated carbocycles. The number of aryl methyl sites for hydroxylation is 3. The first-order chi connectivity index (χ1) is 53.4. The van der Waals surface area contributed by atoms with Crippen molar-refractivity contribution in [3.05, 3.63) is 290 Å². The molecule has 3 heterocycles. The third-order valence-electron chi connectivity index (χ3n) is 15.7. The van der Waals surface area contributed by atoms with Crippen molar-refractivity contribution in [3.63, 3.8) is 0 Å². The lowest BCUT2D eigenvalue weighted by molar-refractivity contribution is -0.128. The zero-order valence-corrected chi connectivity index (χ0v) is 64.7. The number of hydrogen-bond acceptors (Lipinski definition) is 19. The maximum absolute atomic E-state index is 12.4. The van der Waals surface area contributed by atoms with Gasteiger partial charge in [-0.25, -0.2) is 51.2 Å². The first-order valence-corrected chi connectivity index (χ1v) is 37.6. The number of ketones is 3. The number of primary sulfonamides is 1. The number of aromatic nitrogens is 2. The number of carbonyl (C=O) groups is 10. The van der Waals surface area contributed by atoms with Crippen molar-refractivity contribution in [1.82, 2.24) is 20.2 Å². The molecule has 10 rings (SSSR count). The number of carboxylic acids is 2. The summed E-state index contributed by atoms with van der Waals surface area (Å²) in [5, 5.41) is 48.1. The number of allylic oxidation sites excluding steroid dienone is 3. The fraction of sp³-hybridized carbons (Fsp3) is 0.190. The molecule has 113 heavy (non-hydrogen) atoms. The Bertz CT molecular complexity index is 5070. The Morgan fingerprint density at radius 2 is 1.15 bits per heavy atom. The highest BCUT2D eigenvalue weighted by molar-refractivity contribution is 7.92. The number of sulfonamides is 2. The summed E-state index contributed by atoms with van der Waals surface area (Å²) in [5.41, 5.74) is 6.17. The summed E-state index contributed by atoms with van der Waals surface area (Å²) in [4.78, 5) is 122. The summed E-state index contributed by atoms with van der Waals surface area (Å²) in [6.45, 7) is 30.7. The van der Waals surface area contributed by atoms with Gasteiger partial charge in [-0.05, 0) is 184 Å². The fourth-order valence-electron chi connectivity index (χ4n) is 9.65. The van der Waals surface area contributed by atoms with Crippen LogP contribution >= 0.6 is 0 Å². The molecule has 0 unspecified atom stereocenters. The number of aromatic carboxylic acids is 2. The average molecular weight is 1580 g/mol. The Morgan fingerprint density at radius 3 is 1.65 bits per heavy atom. The standard InChI is InChI=1S/C17H19N3O3S.C15H13NO4.C12H13NO5.C11H13NO3S.C11H12O.C10H7NO2.C8H13NO/c1-11(2)16(21)10-14-5-7-15(8-6-14)24(22,23)20-17-18-12(3)9-13(4)19-17;1-8(2)14(18)16-10-4-6-11-9(7-10)3-5-12(13(11)17)15(19)20;1-2-11(15)13-5-6-18-8-3-4-9(12(16)17)10(14)7-8;1-8(2)11(13)7-9-3-5-10(6-4-9)16(12,14)15;1-2-11(12)9-8-10-6-4-3-5-7-10;12-9-6-7-10(13)11(9)8-4-2-1-3-5-8;1-2-9-7-5-3-4-6-8(9)10/h5-9H,1,10H2,2-4H3,(H,18,19,20);3-7,17H,1H2,2H3,(H,16,18)(H,19,20);2-4,7,14H,1,5-6H2,(H,13,15)(H,16,17);3-6H,1,7H2,2H3,(H2,12,14,15);2-7H,1,8-9H2;1-7H;2H,1,3-7H2. The monoisotopic (exact) mass is 1580 g/mol. The molecular weight excluding hydrogens is 1490 g/mol. The molecule has 0 radical (unpaired) electrons. The zero-order chi connectivity index (χ0) is 84.1. The summed E-state index contributed by atoms with van der Waals surface area (Å²) in [7, 11) is -7.45. The molecule has 1 fully saturated rings. The summed E-state index contributed by atoms with van der Waals surface area (Å²) in [5.74, 6) is -3.66. The average Bonchev–Trinajstić information content (AvgIpc) is 0.877. The number of hydrogen-bond donors (Lipinski definition) is 8. The number of carboxylic acid groups (broad SMARTS) is 2.